The highest BCUT2D eigenvalue weighted by molar-refractivity contribution is 5.89. The molecule has 1 saturated heterocycles. The lowest BCUT2D eigenvalue weighted by atomic mass is 9.72. The van der Waals surface area contributed by atoms with Gasteiger partial charge in [-0.05, 0) is 76.6 Å². The van der Waals surface area contributed by atoms with Crippen molar-refractivity contribution in [3.05, 3.63) is 35.5 Å². The van der Waals surface area contributed by atoms with Gasteiger partial charge in [-0.15, -0.1) is 0 Å². The van der Waals surface area contributed by atoms with Crippen molar-refractivity contribution in [2.24, 2.45) is 5.92 Å². The van der Waals surface area contributed by atoms with Crippen LogP contribution in [0.1, 0.15) is 76.0 Å². The van der Waals surface area contributed by atoms with Gasteiger partial charge >= 0.3 is 0 Å². The summed E-state index contributed by atoms with van der Waals surface area (Å²) in [6.45, 7) is 6.89. The Labute approximate surface area is 197 Å². The number of amides is 2. The molecule has 3 unspecified atom stereocenters. The summed E-state index contributed by atoms with van der Waals surface area (Å²) in [6.07, 6.45) is 8.12. The Morgan fingerprint density at radius 3 is 2.42 bits per heavy atom. The maximum absolute atomic E-state index is 13.3. The summed E-state index contributed by atoms with van der Waals surface area (Å²) in [5.41, 5.74) is 4.22. The molecule has 2 amide bonds. The minimum Gasteiger partial charge on any atom is -0.354 e. The summed E-state index contributed by atoms with van der Waals surface area (Å²) >= 11 is 0. The van der Waals surface area contributed by atoms with Crippen LogP contribution >= 0.6 is 0 Å². The fraction of sp³-hybridized carbons (Fsp3) is 0.630. The normalized spacial score (nSPS) is 29.7. The lowest BCUT2D eigenvalue weighted by Crippen LogP contribution is -2.53. The maximum Gasteiger partial charge on any atom is 0.224 e. The molecule has 2 N–H and O–H groups in total. The predicted octanol–water partition coefficient (Wildman–Crippen LogP) is 3.75. The molecule has 2 aliphatic carbocycles. The summed E-state index contributed by atoms with van der Waals surface area (Å²) in [7, 11) is 2.19. The predicted molar refractivity (Wildman–Crippen MR) is 131 cm³/mol. The molecule has 1 aliphatic heterocycles. The molecule has 1 aromatic heterocycles. The average Bonchev–Trinajstić information content (AvgIpc) is 3.15. The first kappa shape index (κ1) is 22.5. The lowest BCUT2D eigenvalue weighted by molar-refractivity contribution is -0.128. The van der Waals surface area contributed by atoms with Crippen molar-refractivity contribution < 1.29 is 9.59 Å². The number of carbonyl (C=O) groups is 2. The van der Waals surface area contributed by atoms with Crippen LogP contribution in [0.3, 0.4) is 0 Å². The molecule has 0 radical (unpaired) electrons. The number of benzene rings is 1. The number of carbonyl (C=O) groups excluding carboxylic acids is 2. The van der Waals surface area contributed by atoms with Gasteiger partial charge in [0.2, 0.25) is 11.8 Å². The van der Waals surface area contributed by atoms with E-state index in [0.29, 0.717) is 18.0 Å². The van der Waals surface area contributed by atoms with E-state index in [9.17, 15) is 9.59 Å². The van der Waals surface area contributed by atoms with Crippen LogP contribution in [0.25, 0.3) is 10.9 Å². The SMILES string of the molecule is CC(=O)NC1CCC(NC(=O)C2CC3c4cccc5c4c(cn5C(C)C)CC3N(C)C2)CC1. The average molecular weight is 451 g/mol. The topological polar surface area (TPSA) is 66.4 Å². The standard InChI is InChI=1S/C27H38N4O2/c1-16(2)31-15-18-13-25-23(22-6-5-7-24(31)26(18)22)12-19(14-30(25)4)27(33)29-21-10-8-20(9-11-21)28-17(3)32/h5-7,15-16,19-21,23,25H,8-14H2,1-4H3,(H,28,32)(H,29,33). The van der Waals surface area contributed by atoms with E-state index in [-0.39, 0.29) is 29.8 Å². The molecule has 5 rings (SSSR count). The molecule has 3 atom stereocenters. The lowest BCUT2D eigenvalue weighted by Gasteiger charge is -2.45. The third kappa shape index (κ3) is 4.18. The Morgan fingerprint density at radius 2 is 1.76 bits per heavy atom. The second-order valence-electron chi connectivity index (χ2n) is 10.9. The molecule has 0 bridgehead atoms. The van der Waals surface area contributed by atoms with Gasteiger partial charge in [-0.1, -0.05) is 12.1 Å². The Bertz CT molecular complexity index is 1050. The van der Waals surface area contributed by atoms with Crippen molar-refractivity contribution in [3.8, 4) is 0 Å². The Kier molecular flexibility index (Phi) is 5.98. The van der Waals surface area contributed by atoms with Crippen LogP contribution in [0.4, 0.5) is 0 Å². The van der Waals surface area contributed by atoms with Gasteiger partial charge in [-0.25, -0.2) is 0 Å². The van der Waals surface area contributed by atoms with Gasteiger partial charge in [0.05, 0.1) is 5.92 Å². The van der Waals surface area contributed by atoms with Gasteiger partial charge in [-0.2, -0.15) is 0 Å². The van der Waals surface area contributed by atoms with Gasteiger partial charge < -0.3 is 20.1 Å². The molecule has 178 valence electrons. The van der Waals surface area contributed by atoms with E-state index in [1.54, 1.807) is 6.92 Å². The number of piperidine rings is 1. The maximum atomic E-state index is 13.3. The molecular formula is C27H38N4O2. The second-order valence-corrected chi connectivity index (χ2v) is 10.9. The minimum absolute atomic E-state index is 0.0216. The fourth-order valence-corrected chi connectivity index (χ4v) is 6.68. The van der Waals surface area contributed by atoms with Gasteiger partial charge in [0.15, 0.2) is 0 Å². The summed E-state index contributed by atoms with van der Waals surface area (Å²) in [5.74, 6) is 0.667. The summed E-state index contributed by atoms with van der Waals surface area (Å²) < 4.78 is 2.41. The largest absolute Gasteiger partial charge is 0.354 e. The highest BCUT2D eigenvalue weighted by atomic mass is 16.2. The van der Waals surface area contributed by atoms with Crippen LogP contribution in [0.15, 0.2) is 24.4 Å². The third-order valence-electron chi connectivity index (χ3n) is 8.28. The van der Waals surface area contributed by atoms with Crippen molar-refractivity contribution in [3.63, 3.8) is 0 Å². The van der Waals surface area contributed by atoms with Gasteiger partial charge in [0.1, 0.15) is 0 Å². The Hall–Kier alpha value is -2.34. The van der Waals surface area contributed by atoms with E-state index >= 15 is 0 Å². The van der Waals surface area contributed by atoms with Crippen molar-refractivity contribution in [2.45, 2.75) is 89.4 Å². The zero-order chi connectivity index (χ0) is 23.3. The van der Waals surface area contributed by atoms with E-state index in [1.807, 2.05) is 0 Å². The fourth-order valence-electron chi connectivity index (χ4n) is 6.68. The number of rotatable bonds is 4. The van der Waals surface area contributed by atoms with E-state index in [1.165, 1.54) is 22.0 Å². The molecule has 2 heterocycles. The number of fused-ring (bicyclic) bond motifs is 2. The number of nitrogens with zero attached hydrogens (tertiary/aromatic N) is 2. The molecule has 1 saturated carbocycles. The highest BCUT2D eigenvalue weighted by Gasteiger charge is 2.42. The van der Waals surface area contributed by atoms with Crippen molar-refractivity contribution >= 4 is 22.7 Å². The van der Waals surface area contributed by atoms with Crippen molar-refractivity contribution in [2.75, 3.05) is 13.6 Å². The minimum atomic E-state index is 0.0216. The van der Waals surface area contributed by atoms with Crippen LogP contribution in [-0.4, -0.2) is 53.0 Å². The number of hydrogen-bond acceptors (Lipinski definition) is 3. The number of aromatic nitrogens is 1. The number of likely N-dealkylation sites (tertiary alicyclic amines) is 1. The molecule has 0 spiro atoms. The first-order chi connectivity index (χ1) is 15.8. The monoisotopic (exact) mass is 450 g/mol. The van der Waals surface area contributed by atoms with Gasteiger partial charge in [0, 0.05) is 60.7 Å². The van der Waals surface area contributed by atoms with Gasteiger partial charge in [0.25, 0.3) is 0 Å². The summed E-state index contributed by atoms with van der Waals surface area (Å²) in [4.78, 5) is 27.1. The molecule has 2 aromatic rings. The van der Waals surface area contributed by atoms with E-state index in [4.69, 9.17) is 0 Å². The van der Waals surface area contributed by atoms with E-state index in [0.717, 1.165) is 45.1 Å². The van der Waals surface area contributed by atoms with Crippen LogP contribution in [0.2, 0.25) is 0 Å². The Balaban J connectivity index is 1.31. The first-order valence-electron chi connectivity index (χ1n) is 12.7. The van der Waals surface area contributed by atoms with Crippen LogP contribution < -0.4 is 10.6 Å². The number of nitrogens with one attached hydrogen (secondary N) is 2. The van der Waals surface area contributed by atoms with Crippen LogP contribution in [0.5, 0.6) is 0 Å². The smallest absolute Gasteiger partial charge is 0.224 e. The molecule has 6 nitrogen and oxygen atoms in total. The zero-order valence-corrected chi connectivity index (χ0v) is 20.4. The molecule has 2 fully saturated rings. The van der Waals surface area contributed by atoms with Crippen LogP contribution in [-0.2, 0) is 16.0 Å². The van der Waals surface area contributed by atoms with E-state index in [2.05, 4.69) is 65.4 Å². The molecule has 1 aromatic carbocycles. The second kappa shape index (κ2) is 8.79. The van der Waals surface area contributed by atoms with Crippen molar-refractivity contribution in [1.29, 1.82) is 0 Å². The molecule has 3 aliphatic rings. The molecule has 6 heteroatoms. The van der Waals surface area contributed by atoms with Gasteiger partial charge in [-0.3, -0.25) is 9.59 Å². The molecule has 33 heavy (non-hydrogen) atoms. The van der Waals surface area contributed by atoms with E-state index < -0.39 is 0 Å². The summed E-state index contributed by atoms with van der Waals surface area (Å²) in [6, 6.07) is 8.12. The molecular weight excluding hydrogens is 412 g/mol. The highest BCUT2D eigenvalue weighted by Crippen LogP contribution is 2.45. The number of likely N-dealkylation sites (N-methyl/N-ethyl adjacent to an activating group) is 1. The van der Waals surface area contributed by atoms with Crippen molar-refractivity contribution in [1.82, 2.24) is 20.1 Å². The third-order valence-corrected chi connectivity index (χ3v) is 8.28. The van der Waals surface area contributed by atoms with Crippen LogP contribution in [0, 0.1) is 5.92 Å². The zero-order valence-electron chi connectivity index (χ0n) is 20.4. The quantitative estimate of drug-likeness (QED) is 0.746. The number of hydrogen-bond donors (Lipinski definition) is 2. The Morgan fingerprint density at radius 1 is 1.06 bits per heavy atom. The first-order valence-corrected chi connectivity index (χ1v) is 12.7. The summed E-state index contributed by atoms with van der Waals surface area (Å²) in [5, 5.41) is 7.81.